The Hall–Kier alpha value is -1.62. The van der Waals surface area contributed by atoms with Crippen molar-refractivity contribution < 1.29 is 14.9 Å². The Morgan fingerprint density at radius 1 is 1.24 bits per heavy atom. The molecule has 1 saturated heterocycles. The summed E-state index contributed by atoms with van der Waals surface area (Å²) in [5.41, 5.74) is 0.576. The molecule has 0 aromatic heterocycles. The SMILES string of the molecule is O=[N+]([O-])c1ccc([O-])c(C[NH+]2CCCCC2)c1. The molecule has 0 aliphatic carbocycles. The lowest BCUT2D eigenvalue weighted by molar-refractivity contribution is -0.918. The van der Waals surface area contributed by atoms with Crippen LogP contribution in [0.25, 0.3) is 0 Å². The van der Waals surface area contributed by atoms with E-state index in [2.05, 4.69) is 0 Å². The predicted octanol–water partition coefficient (Wildman–Crippen LogP) is 0.237. The lowest BCUT2D eigenvalue weighted by atomic mass is 10.1. The summed E-state index contributed by atoms with van der Waals surface area (Å²) in [6, 6.07) is 4.00. The summed E-state index contributed by atoms with van der Waals surface area (Å²) >= 11 is 0. The highest BCUT2D eigenvalue weighted by atomic mass is 16.6. The van der Waals surface area contributed by atoms with Gasteiger partial charge in [0.15, 0.2) is 0 Å². The van der Waals surface area contributed by atoms with Gasteiger partial charge in [-0.1, -0.05) is 11.8 Å². The fourth-order valence-electron chi connectivity index (χ4n) is 2.32. The van der Waals surface area contributed by atoms with E-state index < -0.39 is 4.92 Å². The lowest BCUT2D eigenvalue weighted by Crippen LogP contribution is -3.11. The van der Waals surface area contributed by atoms with E-state index in [4.69, 9.17) is 0 Å². The van der Waals surface area contributed by atoms with E-state index in [0.29, 0.717) is 12.1 Å². The Kier molecular flexibility index (Phi) is 3.58. The summed E-state index contributed by atoms with van der Waals surface area (Å²) in [7, 11) is 0. The van der Waals surface area contributed by atoms with Crippen molar-refractivity contribution >= 4 is 5.69 Å². The van der Waals surface area contributed by atoms with E-state index in [1.165, 1.54) is 42.4 Å². The molecule has 0 spiro atoms. The molecule has 5 heteroatoms. The topological polar surface area (TPSA) is 70.6 Å². The molecular weight excluding hydrogens is 220 g/mol. The van der Waals surface area contributed by atoms with Crippen molar-refractivity contribution in [3.8, 4) is 5.75 Å². The van der Waals surface area contributed by atoms with Gasteiger partial charge in [0.1, 0.15) is 6.54 Å². The largest absolute Gasteiger partial charge is 0.872 e. The van der Waals surface area contributed by atoms with Gasteiger partial charge in [0.2, 0.25) is 0 Å². The van der Waals surface area contributed by atoms with E-state index in [9.17, 15) is 15.2 Å². The van der Waals surface area contributed by atoms with E-state index in [1.54, 1.807) is 0 Å². The van der Waals surface area contributed by atoms with Gasteiger partial charge in [-0.25, -0.2) is 0 Å². The quantitative estimate of drug-likeness (QED) is 0.603. The minimum Gasteiger partial charge on any atom is -0.872 e. The summed E-state index contributed by atoms with van der Waals surface area (Å²) in [4.78, 5) is 11.6. The van der Waals surface area contributed by atoms with Gasteiger partial charge < -0.3 is 10.0 Å². The average Bonchev–Trinajstić information content (AvgIpc) is 2.33. The van der Waals surface area contributed by atoms with Crippen molar-refractivity contribution in [1.82, 2.24) is 0 Å². The predicted molar refractivity (Wildman–Crippen MR) is 60.8 cm³/mol. The molecule has 1 aromatic rings. The molecule has 92 valence electrons. The molecular formula is C12H16N2O3. The normalized spacial score (nSPS) is 16.9. The fraction of sp³-hybridized carbons (Fsp3) is 0.500. The van der Waals surface area contributed by atoms with Crippen LogP contribution in [0.1, 0.15) is 24.8 Å². The standard InChI is InChI=1S/C12H16N2O3/c15-12-5-4-11(14(16)17)8-10(12)9-13-6-2-1-3-7-13/h4-5,8,15H,1-3,6-7,9H2. The molecule has 5 nitrogen and oxygen atoms in total. The number of likely N-dealkylation sites (tertiary alicyclic amines) is 1. The minimum absolute atomic E-state index is 0.0102. The van der Waals surface area contributed by atoms with Gasteiger partial charge in [-0.05, 0) is 19.3 Å². The van der Waals surface area contributed by atoms with Crippen LogP contribution >= 0.6 is 0 Å². The molecule has 0 amide bonds. The van der Waals surface area contributed by atoms with Crippen molar-refractivity contribution in [2.45, 2.75) is 25.8 Å². The van der Waals surface area contributed by atoms with Gasteiger partial charge >= 0.3 is 0 Å². The second kappa shape index (κ2) is 5.14. The first-order chi connectivity index (χ1) is 8.16. The molecule has 1 fully saturated rings. The second-order valence-electron chi connectivity index (χ2n) is 4.54. The van der Waals surface area contributed by atoms with Crippen LogP contribution in [0.3, 0.4) is 0 Å². The summed E-state index contributed by atoms with van der Waals surface area (Å²) in [6.07, 6.45) is 3.61. The Bertz CT molecular complexity index is 414. The molecule has 1 aromatic carbocycles. The van der Waals surface area contributed by atoms with Crippen LogP contribution < -0.4 is 10.0 Å². The monoisotopic (exact) mass is 236 g/mol. The summed E-state index contributed by atoms with van der Waals surface area (Å²) in [6.45, 7) is 2.73. The summed E-state index contributed by atoms with van der Waals surface area (Å²) in [5.74, 6) is -0.0892. The highest BCUT2D eigenvalue weighted by molar-refractivity contribution is 5.41. The molecule has 0 saturated carbocycles. The number of quaternary nitrogens is 1. The smallest absolute Gasteiger partial charge is 0.269 e. The zero-order chi connectivity index (χ0) is 12.3. The molecule has 1 N–H and O–H groups in total. The van der Waals surface area contributed by atoms with E-state index in [-0.39, 0.29) is 11.4 Å². The van der Waals surface area contributed by atoms with Crippen molar-refractivity contribution in [2.75, 3.05) is 13.1 Å². The van der Waals surface area contributed by atoms with Gasteiger partial charge in [0.05, 0.1) is 18.0 Å². The number of nitrogens with one attached hydrogen (secondary N) is 1. The van der Waals surface area contributed by atoms with Crippen molar-refractivity contribution in [3.05, 3.63) is 33.9 Å². The third kappa shape index (κ3) is 2.94. The first kappa shape index (κ1) is 11.9. The van der Waals surface area contributed by atoms with Crippen molar-refractivity contribution in [3.63, 3.8) is 0 Å². The summed E-state index contributed by atoms with van der Waals surface area (Å²) in [5, 5.41) is 22.3. The Labute approximate surface area is 99.8 Å². The van der Waals surface area contributed by atoms with Crippen LogP contribution in [0.15, 0.2) is 18.2 Å². The average molecular weight is 236 g/mol. The maximum Gasteiger partial charge on any atom is 0.269 e. The van der Waals surface area contributed by atoms with Gasteiger partial charge in [0.25, 0.3) is 5.69 Å². The number of nitro benzene ring substituents is 1. The van der Waals surface area contributed by atoms with Crippen LogP contribution in [0, 0.1) is 10.1 Å². The molecule has 0 unspecified atom stereocenters. The zero-order valence-corrected chi connectivity index (χ0v) is 9.65. The number of piperidine rings is 1. The lowest BCUT2D eigenvalue weighted by Gasteiger charge is -2.25. The third-order valence-electron chi connectivity index (χ3n) is 3.26. The molecule has 1 aliphatic heterocycles. The van der Waals surface area contributed by atoms with Crippen molar-refractivity contribution in [2.24, 2.45) is 0 Å². The molecule has 1 aliphatic rings. The van der Waals surface area contributed by atoms with Gasteiger partial charge in [0, 0.05) is 17.7 Å². The van der Waals surface area contributed by atoms with Crippen molar-refractivity contribution in [1.29, 1.82) is 0 Å². The number of nitrogens with zero attached hydrogens (tertiary/aromatic N) is 1. The summed E-state index contributed by atoms with van der Waals surface area (Å²) < 4.78 is 0. The molecule has 0 bridgehead atoms. The molecule has 1 heterocycles. The maximum atomic E-state index is 11.6. The van der Waals surface area contributed by atoms with E-state index >= 15 is 0 Å². The molecule has 0 atom stereocenters. The second-order valence-corrected chi connectivity index (χ2v) is 4.54. The number of nitro groups is 1. The minimum atomic E-state index is -0.450. The van der Waals surface area contributed by atoms with Gasteiger partial charge in [-0.2, -0.15) is 0 Å². The van der Waals surface area contributed by atoms with E-state index in [1.807, 2.05) is 0 Å². The van der Waals surface area contributed by atoms with Crippen LogP contribution in [-0.4, -0.2) is 18.0 Å². The molecule has 2 rings (SSSR count). The number of hydrogen-bond acceptors (Lipinski definition) is 3. The first-order valence-corrected chi connectivity index (χ1v) is 5.95. The number of benzene rings is 1. The number of hydrogen-bond donors (Lipinski definition) is 1. The van der Waals surface area contributed by atoms with Crippen LogP contribution in [0.5, 0.6) is 5.75 Å². The Balaban J connectivity index is 2.13. The van der Waals surface area contributed by atoms with Crippen LogP contribution in [0.2, 0.25) is 0 Å². The Morgan fingerprint density at radius 3 is 2.59 bits per heavy atom. The fourth-order valence-corrected chi connectivity index (χ4v) is 2.32. The highest BCUT2D eigenvalue weighted by Crippen LogP contribution is 2.20. The molecule has 0 radical (unpaired) electrons. The number of non-ortho nitro benzene ring substituents is 1. The zero-order valence-electron chi connectivity index (χ0n) is 9.65. The van der Waals surface area contributed by atoms with Gasteiger partial charge in [-0.15, -0.1) is 0 Å². The first-order valence-electron chi connectivity index (χ1n) is 5.95. The van der Waals surface area contributed by atoms with Gasteiger partial charge in [-0.3, -0.25) is 10.1 Å². The number of rotatable bonds is 3. The Morgan fingerprint density at radius 2 is 1.94 bits per heavy atom. The van der Waals surface area contributed by atoms with E-state index in [0.717, 1.165) is 13.1 Å². The van der Waals surface area contributed by atoms with Crippen LogP contribution in [-0.2, 0) is 6.54 Å². The highest BCUT2D eigenvalue weighted by Gasteiger charge is 2.16. The molecule has 17 heavy (non-hydrogen) atoms. The third-order valence-corrected chi connectivity index (χ3v) is 3.26. The van der Waals surface area contributed by atoms with Crippen LogP contribution in [0.4, 0.5) is 5.69 Å². The maximum absolute atomic E-state index is 11.6.